The van der Waals surface area contributed by atoms with E-state index in [0.717, 1.165) is 11.8 Å². The Kier molecular flexibility index (Phi) is 2.58. The number of halogens is 1. The summed E-state index contributed by atoms with van der Waals surface area (Å²) in [5.74, 6) is -0.000877. The van der Waals surface area contributed by atoms with Crippen molar-refractivity contribution in [2.24, 2.45) is 0 Å². The number of rotatable bonds is 2. The van der Waals surface area contributed by atoms with Crippen LogP contribution in [0.25, 0.3) is 11.1 Å². The number of hydrogen-bond acceptors (Lipinski definition) is 3. The van der Waals surface area contributed by atoms with Gasteiger partial charge in [-0.05, 0) is 12.1 Å². The lowest BCUT2D eigenvalue weighted by molar-refractivity contribution is 0.397. The first kappa shape index (κ1) is 9.58. The summed E-state index contributed by atoms with van der Waals surface area (Å²) in [6.07, 6.45) is 4.42. The van der Waals surface area contributed by atoms with Gasteiger partial charge < -0.3 is 4.74 Å². The van der Waals surface area contributed by atoms with Crippen molar-refractivity contribution in [3.05, 3.63) is 42.6 Å². The Morgan fingerprint density at radius 3 is 2.87 bits per heavy atom. The molecule has 0 saturated heterocycles. The second-order valence-electron chi connectivity index (χ2n) is 2.95. The van der Waals surface area contributed by atoms with E-state index >= 15 is 0 Å². The summed E-state index contributed by atoms with van der Waals surface area (Å²) in [4.78, 5) is 7.81. The summed E-state index contributed by atoms with van der Waals surface area (Å²) < 4.78 is 18.1. The van der Waals surface area contributed by atoms with Gasteiger partial charge in [-0.15, -0.1) is 0 Å². The molecule has 0 fully saturated rings. The molecule has 2 aromatic rings. The Bertz CT molecular complexity index is 459. The Labute approximate surface area is 86.6 Å². The standard InChI is InChI=1S/C11H9FN2O/c1-15-11-10(5-9(12)7-14-11)8-3-2-4-13-6-8/h2-7H,1H3. The maximum atomic E-state index is 13.0. The Morgan fingerprint density at radius 1 is 1.33 bits per heavy atom. The first-order valence-corrected chi connectivity index (χ1v) is 4.41. The van der Waals surface area contributed by atoms with E-state index in [1.165, 1.54) is 13.2 Å². The normalized spacial score (nSPS) is 10.0. The van der Waals surface area contributed by atoms with Crippen LogP contribution >= 0.6 is 0 Å². The summed E-state index contributed by atoms with van der Waals surface area (Å²) in [6.45, 7) is 0. The van der Waals surface area contributed by atoms with Crippen LogP contribution in [0.15, 0.2) is 36.8 Å². The van der Waals surface area contributed by atoms with Crippen molar-refractivity contribution in [1.82, 2.24) is 9.97 Å². The third-order valence-corrected chi connectivity index (χ3v) is 1.98. The van der Waals surface area contributed by atoms with Crippen LogP contribution < -0.4 is 4.74 Å². The van der Waals surface area contributed by atoms with Crippen LogP contribution in [0.1, 0.15) is 0 Å². The second-order valence-corrected chi connectivity index (χ2v) is 2.95. The molecule has 0 atom stereocenters. The monoisotopic (exact) mass is 204 g/mol. The molecule has 2 heterocycles. The molecule has 0 saturated carbocycles. The molecule has 2 rings (SSSR count). The maximum Gasteiger partial charge on any atom is 0.221 e. The van der Waals surface area contributed by atoms with Gasteiger partial charge in [-0.3, -0.25) is 4.98 Å². The number of nitrogens with zero attached hydrogens (tertiary/aromatic N) is 2. The second kappa shape index (κ2) is 4.04. The number of ether oxygens (including phenoxy) is 1. The predicted molar refractivity (Wildman–Crippen MR) is 54.0 cm³/mol. The summed E-state index contributed by atoms with van der Waals surface area (Å²) in [5.41, 5.74) is 1.38. The van der Waals surface area contributed by atoms with Crippen LogP contribution in [0.2, 0.25) is 0 Å². The van der Waals surface area contributed by atoms with Gasteiger partial charge in [0.05, 0.1) is 13.3 Å². The molecular formula is C11H9FN2O. The maximum absolute atomic E-state index is 13.0. The first-order chi connectivity index (χ1) is 7.31. The minimum absolute atomic E-state index is 0.393. The van der Waals surface area contributed by atoms with Gasteiger partial charge in [0.15, 0.2) is 0 Å². The average molecular weight is 204 g/mol. The van der Waals surface area contributed by atoms with E-state index in [9.17, 15) is 4.39 Å². The van der Waals surface area contributed by atoms with Gasteiger partial charge in [-0.25, -0.2) is 9.37 Å². The number of hydrogen-bond donors (Lipinski definition) is 0. The highest BCUT2D eigenvalue weighted by Gasteiger charge is 2.08. The zero-order chi connectivity index (χ0) is 10.7. The molecule has 3 nitrogen and oxygen atoms in total. The van der Waals surface area contributed by atoms with E-state index in [4.69, 9.17) is 4.74 Å². The van der Waals surface area contributed by atoms with E-state index < -0.39 is 5.82 Å². The molecule has 0 aliphatic rings. The summed E-state index contributed by atoms with van der Waals surface area (Å²) in [7, 11) is 1.50. The molecule has 76 valence electrons. The van der Waals surface area contributed by atoms with Crippen molar-refractivity contribution in [2.75, 3.05) is 7.11 Å². The van der Waals surface area contributed by atoms with Gasteiger partial charge >= 0.3 is 0 Å². The van der Waals surface area contributed by atoms with Gasteiger partial charge in [-0.2, -0.15) is 0 Å². The average Bonchev–Trinajstić information content (AvgIpc) is 2.30. The summed E-state index contributed by atoms with van der Waals surface area (Å²) in [6, 6.07) is 4.98. The van der Waals surface area contributed by atoms with E-state index in [-0.39, 0.29) is 0 Å². The van der Waals surface area contributed by atoms with Crippen LogP contribution in [0.5, 0.6) is 5.88 Å². The third-order valence-electron chi connectivity index (χ3n) is 1.98. The topological polar surface area (TPSA) is 35.0 Å². The summed E-state index contributed by atoms with van der Waals surface area (Å²) >= 11 is 0. The highest BCUT2D eigenvalue weighted by molar-refractivity contribution is 5.67. The SMILES string of the molecule is COc1ncc(F)cc1-c1cccnc1. The molecule has 0 radical (unpaired) electrons. The minimum atomic E-state index is -0.394. The molecule has 0 aliphatic carbocycles. The zero-order valence-electron chi connectivity index (χ0n) is 8.14. The van der Waals surface area contributed by atoms with Crippen LogP contribution in [0.4, 0.5) is 4.39 Å². The molecule has 0 bridgehead atoms. The fourth-order valence-corrected chi connectivity index (χ4v) is 1.32. The van der Waals surface area contributed by atoms with Gasteiger partial charge in [0, 0.05) is 23.5 Å². The van der Waals surface area contributed by atoms with E-state index in [2.05, 4.69) is 9.97 Å². The van der Waals surface area contributed by atoms with Crippen molar-refractivity contribution in [1.29, 1.82) is 0 Å². The number of aromatic nitrogens is 2. The molecule has 0 spiro atoms. The van der Waals surface area contributed by atoms with Crippen molar-refractivity contribution in [3.63, 3.8) is 0 Å². The zero-order valence-corrected chi connectivity index (χ0v) is 8.14. The van der Waals surface area contributed by atoms with Gasteiger partial charge in [0.2, 0.25) is 5.88 Å². The quantitative estimate of drug-likeness (QED) is 0.752. The van der Waals surface area contributed by atoms with Crippen molar-refractivity contribution < 1.29 is 9.13 Å². The molecule has 4 heteroatoms. The largest absolute Gasteiger partial charge is 0.481 e. The number of pyridine rings is 2. The molecule has 0 amide bonds. The van der Waals surface area contributed by atoms with Gasteiger partial charge in [0.25, 0.3) is 0 Å². The molecule has 2 aromatic heterocycles. The Hall–Kier alpha value is -1.97. The predicted octanol–water partition coefficient (Wildman–Crippen LogP) is 2.29. The number of methoxy groups -OCH3 is 1. The van der Waals surface area contributed by atoms with Crippen molar-refractivity contribution in [3.8, 4) is 17.0 Å². The molecule has 0 unspecified atom stereocenters. The fourth-order valence-electron chi connectivity index (χ4n) is 1.32. The van der Waals surface area contributed by atoms with Crippen molar-refractivity contribution >= 4 is 0 Å². The van der Waals surface area contributed by atoms with Gasteiger partial charge in [-0.1, -0.05) is 6.07 Å². The highest BCUT2D eigenvalue weighted by atomic mass is 19.1. The van der Waals surface area contributed by atoms with Crippen LogP contribution in [0.3, 0.4) is 0 Å². The minimum Gasteiger partial charge on any atom is -0.481 e. The molecule has 0 aromatic carbocycles. The Balaban J connectivity index is 2.56. The lowest BCUT2D eigenvalue weighted by Crippen LogP contribution is -1.93. The fraction of sp³-hybridized carbons (Fsp3) is 0.0909. The molecule has 15 heavy (non-hydrogen) atoms. The molecule has 0 aliphatic heterocycles. The molecule has 0 N–H and O–H groups in total. The van der Waals surface area contributed by atoms with Crippen LogP contribution in [0, 0.1) is 5.82 Å². The lowest BCUT2D eigenvalue weighted by atomic mass is 10.1. The molecular weight excluding hydrogens is 195 g/mol. The van der Waals surface area contributed by atoms with Gasteiger partial charge in [0.1, 0.15) is 5.82 Å². The lowest BCUT2D eigenvalue weighted by Gasteiger charge is -2.06. The Morgan fingerprint density at radius 2 is 2.20 bits per heavy atom. The van der Waals surface area contributed by atoms with E-state index in [1.54, 1.807) is 18.5 Å². The van der Waals surface area contributed by atoms with Crippen LogP contribution in [-0.4, -0.2) is 17.1 Å². The first-order valence-electron chi connectivity index (χ1n) is 4.41. The highest BCUT2D eigenvalue weighted by Crippen LogP contribution is 2.27. The van der Waals surface area contributed by atoms with Crippen LogP contribution in [-0.2, 0) is 0 Å². The van der Waals surface area contributed by atoms with E-state index in [1.807, 2.05) is 6.07 Å². The smallest absolute Gasteiger partial charge is 0.221 e. The van der Waals surface area contributed by atoms with Crippen molar-refractivity contribution in [2.45, 2.75) is 0 Å². The summed E-state index contributed by atoms with van der Waals surface area (Å²) in [5, 5.41) is 0. The third kappa shape index (κ3) is 1.93. The van der Waals surface area contributed by atoms with E-state index in [0.29, 0.717) is 11.4 Å².